The Morgan fingerprint density at radius 2 is 1.92 bits per heavy atom. The molecule has 0 aliphatic heterocycles. The van der Waals surface area contributed by atoms with Crippen LogP contribution in [0.5, 0.6) is 5.75 Å². The summed E-state index contributed by atoms with van der Waals surface area (Å²) in [6.45, 7) is 4.21. The Morgan fingerprint density at radius 1 is 1.19 bits per heavy atom. The van der Waals surface area contributed by atoms with E-state index in [1.807, 2.05) is 0 Å². The van der Waals surface area contributed by atoms with Crippen molar-refractivity contribution < 1.29 is 19.1 Å². The minimum atomic E-state index is -0.972. The fraction of sp³-hybridized carbons (Fsp3) is 0.316. The van der Waals surface area contributed by atoms with Gasteiger partial charge in [-0.1, -0.05) is 24.9 Å². The van der Waals surface area contributed by atoms with Gasteiger partial charge < -0.3 is 14.8 Å². The number of pyridine rings is 1. The number of benzene rings is 1. The van der Waals surface area contributed by atoms with E-state index in [9.17, 15) is 9.59 Å². The second-order valence-electron chi connectivity index (χ2n) is 5.62. The zero-order valence-electron chi connectivity index (χ0n) is 14.7. The molecule has 1 atom stereocenters. The summed E-state index contributed by atoms with van der Waals surface area (Å²) in [5.41, 5.74) is 0.345. The number of nitrogens with one attached hydrogen (secondary N) is 1. The van der Waals surface area contributed by atoms with Gasteiger partial charge in [-0.2, -0.15) is 0 Å². The molecular weight excluding hydrogens is 356 g/mol. The van der Waals surface area contributed by atoms with Crippen LogP contribution in [0.3, 0.4) is 0 Å². The van der Waals surface area contributed by atoms with Crippen molar-refractivity contribution in [2.24, 2.45) is 0 Å². The number of amides is 1. The van der Waals surface area contributed by atoms with E-state index in [0.717, 1.165) is 12.8 Å². The second kappa shape index (κ2) is 9.77. The molecule has 1 heterocycles. The van der Waals surface area contributed by atoms with Crippen LogP contribution in [-0.2, 0) is 9.53 Å². The number of rotatable bonds is 8. The number of hydrogen-bond donors (Lipinski definition) is 1. The highest BCUT2D eigenvalue weighted by molar-refractivity contribution is 6.30. The molecule has 1 aromatic carbocycles. The maximum Gasteiger partial charge on any atom is 0.338 e. The highest BCUT2D eigenvalue weighted by Crippen LogP contribution is 2.15. The van der Waals surface area contributed by atoms with E-state index in [1.165, 1.54) is 13.1 Å². The standard InChI is InChI=1S/C19H21ClN2O4/c1-3-4-11-25-16-8-5-14(6-9-16)19(24)26-13(2)18(23)22-17-10-7-15(20)12-21-17/h5-10,12-13H,3-4,11H2,1-2H3,(H,21,22,23)/t13-/m1/s1. The van der Waals surface area contributed by atoms with Gasteiger partial charge in [0.2, 0.25) is 0 Å². The number of carbonyl (C=O) groups excluding carboxylic acids is 2. The molecule has 0 aliphatic rings. The summed E-state index contributed by atoms with van der Waals surface area (Å²) < 4.78 is 10.7. The number of anilines is 1. The topological polar surface area (TPSA) is 77.5 Å². The lowest BCUT2D eigenvalue weighted by Crippen LogP contribution is -2.30. The van der Waals surface area contributed by atoms with Gasteiger partial charge in [-0.05, 0) is 49.7 Å². The summed E-state index contributed by atoms with van der Waals surface area (Å²) in [7, 11) is 0. The first kappa shape index (κ1) is 19.7. The van der Waals surface area contributed by atoms with Crippen molar-refractivity contribution in [3.63, 3.8) is 0 Å². The maximum absolute atomic E-state index is 12.2. The molecule has 2 rings (SSSR count). The molecule has 6 nitrogen and oxygen atoms in total. The average molecular weight is 377 g/mol. The summed E-state index contributed by atoms with van der Waals surface area (Å²) in [5.74, 6) is -0.0463. The van der Waals surface area contributed by atoms with Gasteiger partial charge in [0.1, 0.15) is 11.6 Å². The van der Waals surface area contributed by atoms with Gasteiger partial charge in [0, 0.05) is 6.20 Å². The molecule has 0 aliphatic carbocycles. The van der Waals surface area contributed by atoms with Crippen molar-refractivity contribution in [3.05, 3.63) is 53.2 Å². The number of halogens is 1. The molecule has 2 aromatic rings. The third kappa shape index (κ3) is 6.04. The summed E-state index contributed by atoms with van der Waals surface area (Å²) in [6, 6.07) is 9.78. The second-order valence-corrected chi connectivity index (χ2v) is 6.06. The fourth-order valence-electron chi connectivity index (χ4n) is 1.98. The van der Waals surface area contributed by atoms with Gasteiger partial charge >= 0.3 is 5.97 Å². The summed E-state index contributed by atoms with van der Waals surface area (Å²) in [6.07, 6.45) is 2.47. The van der Waals surface area contributed by atoms with E-state index in [1.54, 1.807) is 36.4 Å². The smallest absolute Gasteiger partial charge is 0.338 e. The van der Waals surface area contributed by atoms with Gasteiger partial charge in [0.05, 0.1) is 17.2 Å². The highest BCUT2D eigenvalue weighted by Gasteiger charge is 2.19. The van der Waals surface area contributed by atoms with Crippen LogP contribution in [0.15, 0.2) is 42.6 Å². The lowest BCUT2D eigenvalue weighted by atomic mass is 10.2. The monoisotopic (exact) mass is 376 g/mol. The van der Waals surface area contributed by atoms with Crippen LogP contribution in [0, 0.1) is 0 Å². The van der Waals surface area contributed by atoms with Crippen LogP contribution in [0.1, 0.15) is 37.0 Å². The van der Waals surface area contributed by atoms with E-state index in [2.05, 4.69) is 17.2 Å². The Balaban J connectivity index is 1.87. The third-order valence-corrected chi connectivity index (χ3v) is 3.71. The van der Waals surface area contributed by atoms with E-state index < -0.39 is 18.0 Å². The maximum atomic E-state index is 12.2. The molecule has 1 N–H and O–H groups in total. The molecule has 0 radical (unpaired) electrons. The Hall–Kier alpha value is -2.60. The van der Waals surface area contributed by atoms with Crippen molar-refractivity contribution in [2.45, 2.75) is 32.8 Å². The Morgan fingerprint density at radius 3 is 2.54 bits per heavy atom. The highest BCUT2D eigenvalue weighted by atomic mass is 35.5. The predicted octanol–water partition coefficient (Wildman–Crippen LogP) is 4.10. The number of aromatic nitrogens is 1. The summed E-state index contributed by atoms with van der Waals surface area (Å²) in [4.78, 5) is 28.2. The number of ether oxygens (including phenoxy) is 2. The number of carbonyl (C=O) groups is 2. The largest absolute Gasteiger partial charge is 0.494 e. The first-order valence-corrected chi connectivity index (χ1v) is 8.73. The number of unbranched alkanes of at least 4 members (excludes halogenated alkanes) is 1. The predicted molar refractivity (Wildman–Crippen MR) is 99.6 cm³/mol. The normalized spacial score (nSPS) is 11.5. The molecule has 0 saturated carbocycles. The van der Waals surface area contributed by atoms with Crippen molar-refractivity contribution in [1.82, 2.24) is 4.98 Å². The SMILES string of the molecule is CCCCOc1ccc(C(=O)O[C@H](C)C(=O)Nc2ccc(Cl)cn2)cc1. The van der Waals surface area contributed by atoms with Crippen LogP contribution in [0.4, 0.5) is 5.82 Å². The molecule has 138 valence electrons. The number of hydrogen-bond acceptors (Lipinski definition) is 5. The van der Waals surface area contributed by atoms with E-state index in [-0.39, 0.29) is 0 Å². The van der Waals surface area contributed by atoms with Crippen molar-refractivity contribution in [1.29, 1.82) is 0 Å². The Bertz CT molecular complexity index is 732. The molecule has 26 heavy (non-hydrogen) atoms. The molecule has 7 heteroatoms. The van der Waals surface area contributed by atoms with Crippen LogP contribution < -0.4 is 10.1 Å². The quantitative estimate of drug-likeness (QED) is 0.554. The van der Waals surface area contributed by atoms with Crippen LogP contribution in [0.2, 0.25) is 5.02 Å². The zero-order chi connectivity index (χ0) is 18.9. The Labute approximate surface area is 157 Å². The summed E-state index contributed by atoms with van der Waals surface area (Å²) >= 11 is 5.74. The van der Waals surface area contributed by atoms with Gasteiger partial charge in [-0.15, -0.1) is 0 Å². The fourth-order valence-corrected chi connectivity index (χ4v) is 2.09. The van der Waals surface area contributed by atoms with E-state index >= 15 is 0 Å². The van der Waals surface area contributed by atoms with Crippen molar-refractivity contribution in [2.75, 3.05) is 11.9 Å². The first-order chi connectivity index (χ1) is 12.5. The van der Waals surface area contributed by atoms with Crippen molar-refractivity contribution >= 4 is 29.3 Å². The molecular formula is C19H21ClN2O4. The number of nitrogens with zero attached hydrogens (tertiary/aromatic N) is 1. The van der Waals surface area contributed by atoms with Crippen LogP contribution >= 0.6 is 11.6 Å². The first-order valence-electron chi connectivity index (χ1n) is 8.36. The van der Waals surface area contributed by atoms with Gasteiger partial charge in [-0.3, -0.25) is 4.79 Å². The molecule has 0 saturated heterocycles. The molecule has 0 fully saturated rings. The lowest BCUT2D eigenvalue weighted by molar-refractivity contribution is -0.123. The molecule has 0 bridgehead atoms. The minimum absolute atomic E-state index is 0.330. The molecule has 0 unspecified atom stereocenters. The molecule has 1 aromatic heterocycles. The molecule has 1 amide bonds. The van der Waals surface area contributed by atoms with E-state index in [0.29, 0.717) is 28.8 Å². The average Bonchev–Trinajstić information content (AvgIpc) is 2.64. The lowest BCUT2D eigenvalue weighted by Gasteiger charge is -2.13. The van der Waals surface area contributed by atoms with E-state index in [4.69, 9.17) is 21.1 Å². The van der Waals surface area contributed by atoms with Crippen molar-refractivity contribution in [3.8, 4) is 5.75 Å². The molecule has 0 spiro atoms. The summed E-state index contributed by atoms with van der Waals surface area (Å²) in [5, 5.41) is 3.02. The van der Waals surface area contributed by atoms with Crippen LogP contribution in [-0.4, -0.2) is 29.6 Å². The Kier molecular flexibility index (Phi) is 7.41. The van der Waals surface area contributed by atoms with Gasteiger partial charge in [-0.25, -0.2) is 9.78 Å². The zero-order valence-corrected chi connectivity index (χ0v) is 15.5. The van der Waals surface area contributed by atoms with Gasteiger partial charge in [0.15, 0.2) is 6.10 Å². The minimum Gasteiger partial charge on any atom is -0.494 e. The number of esters is 1. The van der Waals surface area contributed by atoms with Gasteiger partial charge in [0.25, 0.3) is 5.91 Å². The third-order valence-electron chi connectivity index (χ3n) is 3.49. The van der Waals surface area contributed by atoms with Crippen LogP contribution in [0.25, 0.3) is 0 Å².